The van der Waals surface area contributed by atoms with Crippen LogP contribution in [0.3, 0.4) is 0 Å². The van der Waals surface area contributed by atoms with Gasteiger partial charge in [0.2, 0.25) is 0 Å². The number of piperidine rings is 1. The fourth-order valence-corrected chi connectivity index (χ4v) is 4.02. The van der Waals surface area contributed by atoms with Crippen molar-refractivity contribution in [3.63, 3.8) is 0 Å². The van der Waals surface area contributed by atoms with Gasteiger partial charge in [-0.1, -0.05) is 23.8 Å². The summed E-state index contributed by atoms with van der Waals surface area (Å²) in [5.74, 6) is 0.746. The van der Waals surface area contributed by atoms with Gasteiger partial charge in [-0.25, -0.2) is 0 Å². The number of pyridine rings is 1. The summed E-state index contributed by atoms with van der Waals surface area (Å²) < 4.78 is 1.90. The maximum absolute atomic E-state index is 12.8. The first-order valence-electron chi connectivity index (χ1n) is 8.17. The molecule has 1 fully saturated rings. The van der Waals surface area contributed by atoms with Crippen LogP contribution in [-0.4, -0.2) is 28.5 Å². The molecule has 2 bridgehead atoms. The van der Waals surface area contributed by atoms with Crippen LogP contribution in [0.2, 0.25) is 0 Å². The number of aromatic nitrogens is 1. The summed E-state index contributed by atoms with van der Waals surface area (Å²) in [6.45, 7) is 4.17. The van der Waals surface area contributed by atoms with Crippen LogP contribution in [0.5, 0.6) is 0 Å². The molecule has 1 saturated heterocycles. The fourth-order valence-electron chi connectivity index (χ4n) is 4.02. The largest absolute Gasteiger partial charge is 0.338 e. The summed E-state index contributed by atoms with van der Waals surface area (Å²) >= 11 is 0. The molecule has 0 saturated carbocycles. The number of amides is 1. The van der Waals surface area contributed by atoms with Crippen molar-refractivity contribution in [2.75, 3.05) is 13.1 Å². The predicted molar refractivity (Wildman–Crippen MR) is 88.6 cm³/mol. The number of fused-ring (bicyclic) bond motifs is 4. The zero-order valence-electron chi connectivity index (χ0n) is 13.2. The van der Waals surface area contributed by atoms with Gasteiger partial charge in [-0.15, -0.1) is 0 Å². The molecule has 118 valence electrons. The normalized spacial score (nSPS) is 22.6. The third-order valence-electron chi connectivity index (χ3n) is 5.03. The van der Waals surface area contributed by atoms with Gasteiger partial charge in [0, 0.05) is 42.9 Å². The van der Waals surface area contributed by atoms with Crippen molar-refractivity contribution in [3.8, 4) is 0 Å². The first-order valence-corrected chi connectivity index (χ1v) is 8.17. The Hall–Kier alpha value is -2.36. The summed E-state index contributed by atoms with van der Waals surface area (Å²) in [4.78, 5) is 26.8. The van der Waals surface area contributed by atoms with E-state index in [-0.39, 0.29) is 17.4 Å². The second-order valence-electron chi connectivity index (χ2n) is 6.78. The van der Waals surface area contributed by atoms with Crippen molar-refractivity contribution in [1.29, 1.82) is 0 Å². The summed E-state index contributed by atoms with van der Waals surface area (Å²) in [7, 11) is 0. The van der Waals surface area contributed by atoms with Gasteiger partial charge in [-0.05, 0) is 37.5 Å². The van der Waals surface area contributed by atoms with Crippen LogP contribution in [0.1, 0.15) is 34.0 Å². The molecule has 23 heavy (non-hydrogen) atoms. The number of aryl methyl sites for hydroxylation is 1. The SMILES string of the molecule is Cc1cccc(C(=O)N2CC3CC(C2)c2cccc(=O)n2C3)c1. The Kier molecular flexibility index (Phi) is 3.33. The van der Waals surface area contributed by atoms with E-state index < -0.39 is 0 Å². The minimum absolute atomic E-state index is 0.0793. The average Bonchev–Trinajstić information content (AvgIpc) is 2.55. The van der Waals surface area contributed by atoms with Crippen molar-refractivity contribution >= 4 is 5.91 Å². The van der Waals surface area contributed by atoms with Crippen molar-refractivity contribution in [2.45, 2.75) is 25.8 Å². The Morgan fingerprint density at radius 3 is 2.74 bits per heavy atom. The quantitative estimate of drug-likeness (QED) is 0.812. The van der Waals surface area contributed by atoms with Gasteiger partial charge >= 0.3 is 0 Å². The average molecular weight is 308 g/mol. The number of nitrogens with zero attached hydrogens (tertiary/aromatic N) is 2. The Bertz CT molecular complexity index is 824. The molecule has 0 spiro atoms. The lowest BCUT2D eigenvalue weighted by molar-refractivity contribution is 0.0594. The van der Waals surface area contributed by atoms with Crippen molar-refractivity contribution in [3.05, 3.63) is 69.6 Å². The molecule has 0 radical (unpaired) electrons. The summed E-state index contributed by atoms with van der Waals surface area (Å²) in [6, 6.07) is 13.3. The monoisotopic (exact) mass is 308 g/mol. The van der Waals surface area contributed by atoms with Crippen LogP contribution >= 0.6 is 0 Å². The second-order valence-corrected chi connectivity index (χ2v) is 6.78. The van der Waals surface area contributed by atoms with Crippen LogP contribution in [0, 0.1) is 12.8 Å². The van der Waals surface area contributed by atoms with E-state index in [0.29, 0.717) is 12.5 Å². The highest BCUT2D eigenvalue weighted by atomic mass is 16.2. The van der Waals surface area contributed by atoms with Crippen LogP contribution in [0.15, 0.2) is 47.3 Å². The molecule has 4 nitrogen and oxygen atoms in total. The smallest absolute Gasteiger partial charge is 0.253 e. The number of benzene rings is 1. The van der Waals surface area contributed by atoms with E-state index in [4.69, 9.17) is 0 Å². The van der Waals surface area contributed by atoms with E-state index >= 15 is 0 Å². The lowest BCUT2D eigenvalue weighted by Crippen LogP contribution is -2.49. The van der Waals surface area contributed by atoms with Gasteiger partial charge in [0.1, 0.15) is 0 Å². The molecule has 2 unspecified atom stereocenters. The van der Waals surface area contributed by atoms with Crippen LogP contribution in [-0.2, 0) is 6.54 Å². The van der Waals surface area contributed by atoms with Gasteiger partial charge in [-0.2, -0.15) is 0 Å². The molecule has 0 N–H and O–H groups in total. The van der Waals surface area contributed by atoms with E-state index in [1.165, 1.54) is 0 Å². The number of hydrogen-bond donors (Lipinski definition) is 0. The zero-order chi connectivity index (χ0) is 16.0. The Labute approximate surface area is 135 Å². The highest BCUT2D eigenvalue weighted by Gasteiger charge is 2.36. The van der Waals surface area contributed by atoms with Gasteiger partial charge in [-0.3, -0.25) is 9.59 Å². The Balaban J connectivity index is 1.63. The number of rotatable bonds is 1. The summed E-state index contributed by atoms with van der Waals surface area (Å²) in [5.41, 5.74) is 3.02. The Morgan fingerprint density at radius 2 is 1.91 bits per heavy atom. The molecule has 1 amide bonds. The summed E-state index contributed by atoms with van der Waals surface area (Å²) in [5, 5.41) is 0. The standard InChI is InChI=1S/C19H20N2O2/c1-13-4-2-5-15(8-13)19(23)20-10-14-9-16(12-20)17-6-3-7-18(22)21(17)11-14/h2-8,14,16H,9-12H2,1H3. The van der Waals surface area contributed by atoms with E-state index in [1.807, 2.05) is 52.8 Å². The molecule has 3 heterocycles. The topological polar surface area (TPSA) is 42.3 Å². The molecule has 2 atom stereocenters. The molecular weight excluding hydrogens is 288 g/mol. The maximum atomic E-state index is 12.8. The highest BCUT2D eigenvalue weighted by Crippen LogP contribution is 2.35. The predicted octanol–water partition coefficient (Wildman–Crippen LogP) is 2.42. The third kappa shape index (κ3) is 2.48. The van der Waals surface area contributed by atoms with E-state index in [1.54, 1.807) is 6.07 Å². The lowest BCUT2D eigenvalue weighted by atomic mass is 9.83. The minimum atomic E-state index is 0.0793. The zero-order valence-corrected chi connectivity index (χ0v) is 13.2. The number of likely N-dealkylation sites (tertiary alicyclic amines) is 1. The molecule has 2 aromatic rings. The molecule has 2 aliphatic heterocycles. The molecular formula is C19H20N2O2. The minimum Gasteiger partial charge on any atom is -0.338 e. The molecule has 1 aromatic heterocycles. The van der Waals surface area contributed by atoms with Gasteiger partial charge < -0.3 is 9.47 Å². The first-order chi connectivity index (χ1) is 11.1. The van der Waals surface area contributed by atoms with Crippen LogP contribution in [0.4, 0.5) is 0 Å². The van der Waals surface area contributed by atoms with E-state index in [2.05, 4.69) is 0 Å². The molecule has 0 aliphatic carbocycles. The fraction of sp³-hybridized carbons (Fsp3) is 0.368. The van der Waals surface area contributed by atoms with Crippen molar-refractivity contribution < 1.29 is 4.79 Å². The van der Waals surface area contributed by atoms with Gasteiger partial charge in [0.05, 0.1) is 0 Å². The third-order valence-corrected chi connectivity index (χ3v) is 5.03. The van der Waals surface area contributed by atoms with Crippen LogP contribution in [0.25, 0.3) is 0 Å². The molecule has 4 rings (SSSR count). The van der Waals surface area contributed by atoms with Crippen molar-refractivity contribution in [2.24, 2.45) is 5.92 Å². The van der Waals surface area contributed by atoms with E-state index in [9.17, 15) is 9.59 Å². The highest BCUT2D eigenvalue weighted by molar-refractivity contribution is 5.94. The van der Waals surface area contributed by atoms with E-state index in [0.717, 1.165) is 36.3 Å². The van der Waals surface area contributed by atoms with Crippen LogP contribution < -0.4 is 5.56 Å². The number of carbonyl (C=O) groups is 1. The molecule has 1 aromatic carbocycles. The van der Waals surface area contributed by atoms with Gasteiger partial charge in [0.25, 0.3) is 11.5 Å². The number of carbonyl (C=O) groups excluding carboxylic acids is 1. The number of hydrogen-bond acceptors (Lipinski definition) is 2. The second kappa shape index (κ2) is 5.37. The van der Waals surface area contributed by atoms with Crippen molar-refractivity contribution in [1.82, 2.24) is 9.47 Å². The van der Waals surface area contributed by atoms with Gasteiger partial charge in [0.15, 0.2) is 0 Å². The maximum Gasteiger partial charge on any atom is 0.253 e. The summed E-state index contributed by atoms with van der Waals surface area (Å²) in [6.07, 6.45) is 1.07. The molecule has 4 heteroatoms. The Morgan fingerprint density at radius 1 is 1.09 bits per heavy atom. The lowest BCUT2D eigenvalue weighted by Gasteiger charge is -2.42. The molecule has 2 aliphatic rings. The first kappa shape index (κ1) is 14.2.